The third-order valence-electron chi connectivity index (χ3n) is 2.80. The van der Waals surface area contributed by atoms with E-state index in [4.69, 9.17) is 9.84 Å². The Morgan fingerprint density at radius 1 is 1.28 bits per heavy atom. The normalized spacial score (nSPS) is 14.3. The van der Waals surface area contributed by atoms with Gasteiger partial charge in [-0.15, -0.1) is 0 Å². The largest absolute Gasteiger partial charge is 0.490 e. The van der Waals surface area contributed by atoms with Gasteiger partial charge in [0.15, 0.2) is 0 Å². The molecule has 4 nitrogen and oxygen atoms in total. The second-order valence-electron chi connectivity index (χ2n) is 4.68. The first-order valence-corrected chi connectivity index (χ1v) is 6.26. The van der Waals surface area contributed by atoms with Crippen LogP contribution in [0.15, 0.2) is 18.2 Å². The maximum atomic E-state index is 9.77. The van der Waals surface area contributed by atoms with Crippen molar-refractivity contribution in [2.45, 2.75) is 32.9 Å². The van der Waals surface area contributed by atoms with E-state index in [-0.39, 0.29) is 19.3 Å². The van der Waals surface area contributed by atoms with Gasteiger partial charge in [0.1, 0.15) is 18.5 Å². The lowest BCUT2D eigenvalue weighted by Gasteiger charge is -2.17. The molecule has 18 heavy (non-hydrogen) atoms. The Morgan fingerprint density at radius 3 is 2.44 bits per heavy atom. The molecule has 102 valence electrons. The number of hydrogen-bond acceptors (Lipinski definition) is 4. The molecule has 1 rings (SSSR count). The molecule has 0 aliphatic rings. The third kappa shape index (κ3) is 4.64. The van der Waals surface area contributed by atoms with Gasteiger partial charge in [0.05, 0.1) is 6.61 Å². The van der Waals surface area contributed by atoms with Gasteiger partial charge in [-0.25, -0.2) is 0 Å². The Hall–Kier alpha value is -1.10. The number of aliphatic hydroxyl groups excluding tert-OH is 2. The first-order valence-electron chi connectivity index (χ1n) is 6.26. The van der Waals surface area contributed by atoms with Crippen molar-refractivity contribution in [3.05, 3.63) is 29.3 Å². The minimum absolute atomic E-state index is 0.0140. The molecule has 0 saturated heterocycles. The van der Waals surface area contributed by atoms with E-state index in [1.807, 2.05) is 39.0 Å². The minimum Gasteiger partial charge on any atom is -0.490 e. The molecule has 0 bridgehead atoms. The summed E-state index contributed by atoms with van der Waals surface area (Å²) < 4.78 is 5.64. The predicted molar refractivity (Wildman–Crippen MR) is 72.0 cm³/mol. The fraction of sp³-hybridized carbons (Fsp3) is 0.571. The summed E-state index contributed by atoms with van der Waals surface area (Å²) in [6, 6.07) is 5.94. The van der Waals surface area contributed by atoms with Crippen LogP contribution in [-0.4, -0.2) is 42.1 Å². The average molecular weight is 253 g/mol. The molecule has 0 radical (unpaired) electrons. The molecule has 4 heteroatoms. The number of ether oxygens (including phenoxy) is 1. The van der Waals surface area contributed by atoms with E-state index >= 15 is 0 Å². The van der Waals surface area contributed by atoms with E-state index < -0.39 is 6.10 Å². The summed E-state index contributed by atoms with van der Waals surface area (Å²) >= 11 is 0. The van der Waals surface area contributed by atoms with E-state index in [0.717, 1.165) is 16.9 Å². The van der Waals surface area contributed by atoms with Gasteiger partial charge >= 0.3 is 0 Å². The number of rotatable bonds is 7. The number of nitrogens with one attached hydrogen (secondary N) is 1. The summed E-state index contributed by atoms with van der Waals surface area (Å²) in [5, 5.41) is 21.6. The van der Waals surface area contributed by atoms with E-state index in [1.165, 1.54) is 0 Å². The quantitative estimate of drug-likeness (QED) is 0.679. The van der Waals surface area contributed by atoms with Crippen LogP contribution in [0.5, 0.6) is 5.75 Å². The maximum Gasteiger partial charge on any atom is 0.125 e. The number of para-hydroxylation sites is 1. The molecule has 0 aromatic heterocycles. The van der Waals surface area contributed by atoms with Gasteiger partial charge in [0.2, 0.25) is 0 Å². The van der Waals surface area contributed by atoms with Gasteiger partial charge in [0.25, 0.3) is 0 Å². The van der Waals surface area contributed by atoms with Crippen molar-refractivity contribution in [3.8, 4) is 5.75 Å². The molecule has 0 aliphatic carbocycles. The summed E-state index contributed by atoms with van der Waals surface area (Å²) in [4.78, 5) is 0. The minimum atomic E-state index is -0.585. The van der Waals surface area contributed by atoms with Crippen LogP contribution in [0.1, 0.15) is 18.1 Å². The van der Waals surface area contributed by atoms with Crippen molar-refractivity contribution < 1.29 is 14.9 Å². The van der Waals surface area contributed by atoms with Gasteiger partial charge in [-0.3, -0.25) is 0 Å². The van der Waals surface area contributed by atoms with Gasteiger partial charge in [-0.2, -0.15) is 0 Å². The molecule has 0 amide bonds. The maximum absolute atomic E-state index is 9.77. The van der Waals surface area contributed by atoms with E-state index in [2.05, 4.69) is 5.32 Å². The Balaban J connectivity index is 2.40. The Morgan fingerprint density at radius 2 is 1.89 bits per heavy atom. The van der Waals surface area contributed by atoms with Crippen LogP contribution in [0, 0.1) is 13.8 Å². The van der Waals surface area contributed by atoms with Crippen LogP contribution in [0.3, 0.4) is 0 Å². The molecule has 0 spiro atoms. The standard InChI is InChI=1S/C14H23NO3/c1-10-5-4-6-11(2)14(10)18-9-13(17)7-15-12(3)8-16/h4-6,12-13,15-17H,7-9H2,1-3H3. The van der Waals surface area contributed by atoms with Crippen LogP contribution >= 0.6 is 0 Å². The highest BCUT2D eigenvalue weighted by Crippen LogP contribution is 2.22. The third-order valence-corrected chi connectivity index (χ3v) is 2.80. The van der Waals surface area contributed by atoms with Crippen molar-refractivity contribution in [3.63, 3.8) is 0 Å². The zero-order valence-corrected chi connectivity index (χ0v) is 11.3. The molecule has 2 atom stereocenters. The highest BCUT2D eigenvalue weighted by Gasteiger charge is 2.09. The lowest BCUT2D eigenvalue weighted by Crippen LogP contribution is -2.38. The average Bonchev–Trinajstić information content (AvgIpc) is 2.35. The summed E-state index contributed by atoms with van der Waals surface area (Å²) in [6.45, 7) is 6.55. The zero-order chi connectivity index (χ0) is 13.5. The van der Waals surface area contributed by atoms with Crippen LogP contribution in [-0.2, 0) is 0 Å². The van der Waals surface area contributed by atoms with Crippen molar-refractivity contribution in [2.75, 3.05) is 19.8 Å². The van der Waals surface area contributed by atoms with Crippen LogP contribution in [0.4, 0.5) is 0 Å². The van der Waals surface area contributed by atoms with E-state index in [9.17, 15) is 5.11 Å². The molecule has 2 unspecified atom stereocenters. The van der Waals surface area contributed by atoms with Crippen molar-refractivity contribution in [1.82, 2.24) is 5.32 Å². The van der Waals surface area contributed by atoms with E-state index in [0.29, 0.717) is 6.54 Å². The summed E-state index contributed by atoms with van der Waals surface area (Å²) in [5.41, 5.74) is 2.14. The lowest BCUT2D eigenvalue weighted by atomic mass is 10.1. The van der Waals surface area contributed by atoms with Gasteiger partial charge < -0.3 is 20.3 Å². The van der Waals surface area contributed by atoms with Gasteiger partial charge in [-0.1, -0.05) is 18.2 Å². The van der Waals surface area contributed by atoms with Crippen molar-refractivity contribution in [2.24, 2.45) is 0 Å². The number of benzene rings is 1. The first-order chi connectivity index (χ1) is 8.54. The predicted octanol–water partition coefficient (Wildman–Crippen LogP) is 1.01. The highest BCUT2D eigenvalue weighted by atomic mass is 16.5. The van der Waals surface area contributed by atoms with Crippen LogP contribution in [0.2, 0.25) is 0 Å². The molecular weight excluding hydrogens is 230 g/mol. The molecule has 1 aromatic rings. The first kappa shape index (κ1) is 15.0. The second-order valence-corrected chi connectivity index (χ2v) is 4.68. The molecule has 0 fully saturated rings. The monoisotopic (exact) mass is 253 g/mol. The van der Waals surface area contributed by atoms with Crippen LogP contribution < -0.4 is 10.1 Å². The molecular formula is C14H23NO3. The van der Waals surface area contributed by atoms with Gasteiger partial charge in [0, 0.05) is 12.6 Å². The Bertz CT molecular complexity index is 348. The highest BCUT2D eigenvalue weighted by molar-refractivity contribution is 5.39. The summed E-state index contributed by atoms with van der Waals surface area (Å²) in [7, 11) is 0. The van der Waals surface area contributed by atoms with Crippen molar-refractivity contribution >= 4 is 0 Å². The summed E-state index contributed by atoms with van der Waals surface area (Å²) in [6.07, 6.45) is -0.585. The Kier molecular flexibility index (Phi) is 6.12. The zero-order valence-electron chi connectivity index (χ0n) is 11.3. The molecule has 3 N–H and O–H groups in total. The molecule has 0 saturated carbocycles. The van der Waals surface area contributed by atoms with Gasteiger partial charge in [-0.05, 0) is 31.9 Å². The number of aliphatic hydroxyl groups is 2. The number of aryl methyl sites for hydroxylation is 2. The van der Waals surface area contributed by atoms with Crippen LogP contribution in [0.25, 0.3) is 0 Å². The molecule has 0 aliphatic heterocycles. The number of hydrogen-bond donors (Lipinski definition) is 3. The fourth-order valence-electron chi connectivity index (χ4n) is 1.67. The SMILES string of the molecule is Cc1cccc(C)c1OCC(O)CNC(C)CO. The van der Waals surface area contributed by atoms with E-state index in [1.54, 1.807) is 0 Å². The summed E-state index contributed by atoms with van der Waals surface area (Å²) in [5.74, 6) is 0.840. The molecule has 0 heterocycles. The topological polar surface area (TPSA) is 61.7 Å². The lowest BCUT2D eigenvalue weighted by molar-refractivity contribution is 0.100. The molecule has 1 aromatic carbocycles. The second kappa shape index (κ2) is 7.36. The van der Waals surface area contributed by atoms with Crippen molar-refractivity contribution in [1.29, 1.82) is 0 Å². The fourth-order valence-corrected chi connectivity index (χ4v) is 1.67. The Labute approximate surface area is 109 Å². The smallest absolute Gasteiger partial charge is 0.125 e.